The Hall–Kier alpha value is -1.10. The number of rotatable bonds is 7. The molecule has 0 aromatic heterocycles. The number of benzene rings is 1. The Balaban J connectivity index is 1.73. The molecule has 1 aromatic rings. The summed E-state index contributed by atoms with van der Waals surface area (Å²) < 4.78 is 15.5. The maximum Gasteiger partial charge on any atom is 0.169 e. The van der Waals surface area contributed by atoms with E-state index in [1.165, 1.54) is 18.4 Å². The molecule has 4 heteroatoms. The van der Waals surface area contributed by atoms with Crippen LogP contribution in [0.3, 0.4) is 0 Å². The lowest BCUT2D eigenvalue weighted by atomic mass is 9.76. The molecule has 0 spiro atoms. The Morgan fingerprint density at radius 3 is 2.26 bits per heavy atom. The molecule has 19 heavy (non-hydrogen) atoms. The summed E-state index contributed by atoms with van der Waals surface area (Å²) in [6, 6.07) is 8.95. The van der Waals surface area contributed by atoms with Gasteiger partial charge in [-0.05, 0) is 36.5 Å². The van der Waals surface area contributed by atoms with Gasteiger partial charge in [-0.1, -0.05) is 12.1 Å². The minimum absolute atomic E-state index is 0.153. The molecule has 1 N–H and O–H groups in total. The zero-order valence-electron chi connectivity index (χ0n) is 11.9. The fourth-order valence-corrected chi connectivity index (χ4v) is 2.46. The van der Waals surface area contributed by atoms with Crippen LogP contribution in [-0.2, 0) is 9.47 Å². The van der Waals surface area contributed by atoms with Crippen LogP contribution in [0.1, 0.15) is 24.3 Å². The van der Waals surface area contributed by atoms with Gasteiger partial charge in [0.1, 0.15) is 5.75 Å². The first-order valence-electron chi connectivity index (χ1n) is 6.69. The molecule has 0 amide bonds. The molecule has 1 aliphatic rings. The first-order chi connectivity index (χ1) is 9.26. The van der Waals surface area contributed by atoms with E-state index in [1.54, 1.807) is 21.3 Å². The molecular formula is C15H23NO3. The van der Waals surface area contributed by atoms with Crippen molar-refractivity contribution in [3.05, 3.63) is 29.8 Å². The highest BCUT2D eigenvalue weighted by molar-refractivity contribution is 5.30. The third kappa shape index (κ3) is 3.69. The Labute approximate surface area is 115 Å². The van der Waals surface area contributed by atoms with Crippen molar-refractivity contribution >= 4 is 0 Å². The fourth-order valence-electron chi connectivity index (χ4n) is 2.46. The number of hydrogen-bond donors (Lipinski definition) is 1. The highest BCUT2D eigenvalue weighted by Crippen LogP contribution is 2.37. The summed E-state index contributed by atoms with van der Waals surface area (Å²) in [4.78, 5) is 0. The Morgan fingerprint density at radius 2 is 1.74 bits per heavy atom. The van der Waals surface area contributed by atoms with Gasteiger partial charge in [0, 0.05) is 26.8 Å². The molecule has 0 unspecified atom stereocenters. The lowest BCUT2D eigenvalue weighted by Crippen LogP contribution is -2.44. The van der Waals surface area contributed by atoms with Gasteiger partial charge in [-0.2, -0.15) is 0 Å². The third-order valence-electron chi connectivity index (χ3n) is 3.82. The van der Waals surface area contributed by atoms with Crippen molar-refractivity contribution in [1.29, 1.82) is 0 Å². The first-order valence-corrected chi connectivity index (χ1v) is 6.69. The average Bonchev–Trinajstić information content (AvgIpc) is 2.42. The standard InChI is InChI=1S/C15H23NO3/c1-17-14-6-4-11(5-7-14)12-8-13(9-12)16-10-15(18-2)19-3/h4-7,12-13,15-16H,8-10H2,1-3H3. The van der Waals surface area contributed by atoms with E-state index in [9.17, 15) is 0 Å². The predicted molar refractivity (Wildman–Crippen MR) is 74.6 cm³/mol. The summed E-state index contributed by atoms with van der Waals surface area (Å²) in [5.74, 6) is 1.58. The van der Waals surface area contributed by atoms with E-state index in [0.717, 1.165) is 12.3 Å². The molecule has 0 heterocycles. The number of hydrogen-bond acceptors (Lipinski definition) is 4. The van der Waals surface area contributed by atoms with Crippen molar-refractivity contribution < 1.29 is 14.2 Å². The van der Waals surface area contributed by atoms with Crippen LogP contribution in [0.2, 0.25) is 0 Å². The van der Waals surface area contributed by atoms with Gasteiger partial charge < -0.3 is 19.5 Å². The minimum Gasteiger partial charge on any atom is -0.497 e. The minimum atomic E-state index is -0.153. The van der Waals surface area contributed by atoms with E-state index >= 15 is 0 Å². The van der Waals surface area contributed by atoms with Crippen molar-refractivity contribution in [1.82, 2.24) is 5.32 Å². The molecule has 0 bridgehead atoms. The Bertz CT molecular complexity index is 369. The zero-order valence-corrected chi connectivity index (χ0v) is 11.9. The van der Waals surface area contributed by atoms with Crippen molar-refractivity contribution in [3.8, 4) is 5.75 Å². The topological polar surface area (TPSA) is 39.7 Å². The predicted octanol–water partition coefficient (Wildman–Crippen LogP) is 2.15. The molecule has 1 fully saturated rings. The lowest BCUT2D eigenvalue weighted by Gasteiger charge is -2.37. The van der Waals surface area contributed by atoms with Gasteiger partial charge in [0.05, 0.1) is 7.11 Å². The van der Waals surface area contributed by atoms with E-state index in [2.05, 4.69) is 17.4 Å². The normalized spacial score (nSPS) is 22.3. The smallest absolute Gasteiger partial charge is 0.169 e. The van der Waals surface area contributed by atoms with E-state index in [4.69, 9.17) is 14.2 Å². The van der Waals surface area contributed by atoms with Crippen molar-refractivity contribution in [2.45, 2.75) is 31.1 Å². The van der Waals surface area contributed by atoms with Crippen molar-refractivity contribution in [3.63, 3.8) is 0 Å². The quantitative estimate of drug-likeness (QED) is 0.767. The maximum absolute atomic E-state index is 5.17. The summed E-state index contributed by atoms with van der Waals surface area (Å²) in [5, 5.41) is 3.47. The molecule has 1 aliphatic carbocycles. The third-order valence-corrected chi connectivity index (χ3v) is 3.82. The second-order valence-electron chi connectivity index (χ2n) is 4.95. The summed E-state index contributed by atoms with van der Waals surface area (Å²) in [5.41, 5.74) is 1.40. The highest BCUT2D eigenvalue weighted by atomic mass is 16.7. The second kappa shape index (κ2) is 6.89. The second-order valence-corrected chi connectivity index (χ2v) is 4.95. The zero-order chi connectivity index (χ0) is 13.7. The van der Waals surface area contributed by atoms with Gasteiger partial charge in [-0.15, -0.1) is 0 Å². The van der Waals surface area contributed by atoms with E-state index in [1.807, 2.05) is 12.1 Å². The summed E-state index contributed by atoms with van der Waals surface area (Å²) >= 11 is 0. The van der Waals surface area contributed by atoms with Crippen molar-refractivity contribution in [2.24, 2.45) is 0 Å². The molecule has 1 saturated carbocycles. The van der Waals surface area contributed by atoms with Gasteiger partial charge in [-0.3, -0.25) is 0 Å². The fraction of sp³-hybridized carbons (Fsp3) is 0.600. The molecule has 4 nitrogen and oxygen atoms in total. The van der Waals surface area contributed by atoms with Gasteiger partial charge >= 0.3 is 0 Å². The van der Waals surface area contributed by atoms with Crippen LogP contribution in [0.25, 0.3) is 0 Å². The average molecular weight is 265 g/mol. The highest BCUT2D eigenvalue weighted by Gasteiger charge is 2.30. The van der Waals surface area contributed by atoms with E-state index in [-0.39, 0.29) is 6.29 Å². The summed E-state index contributed by atoms with van der Waals surface area (Å²) in [6.45, 7) is 0.743. The van der Waals surface area contributed by atoms with Gasteiger partial charge in [0.25, 0.3) is 0 Å². The van der Waals surface area contributed by atoms with Crippen LogP contribution in [0.15, 0.2) is 24.3 Å². The summed E-state index contributed by atoms with van der Waals surface area (Å²) in [6.07, 6.45) is 2.19. The van der Waals surface area contributed by atoms with Gasteiger partial charge in [0.2, 0.25) is 0 Å². The molecule has 106 valence electrons. The SMILES string of the molecule is COc1ccc(C2CC(NCC(OC)OC)C2)cc1. The van der Waals surface area contributed by atoms with Crippen LogP contribution in [-0.4, -0.2) is 40.2 Å². The number of ether oxygens (including phenoxy) is 3. The van der Waals surface area contributed by atoms with E-state index < -0.39 is 0 Å². The van der Waals surface area contributed by atoms with Crippen molar-refractivity contribution in [2.75, 3.05) is 27.9 Å². The molecule has 0 atom stereocenters. The molecule has 2 rings (SSSR count). The first kappa shape index (κ1) is 14.3. The lowest BCUT2D eigenvalue weighted by molar-refractivity contribution is -0.101. The van der Waals surface area contributed by atoms with Crippen LogP contribution >= 0.6 is 0 Å². The maximum atomic E-state index is 5.17. The van der Waals surface area contributed by atoms with Gasteiger partial charge in [0.15, 0.2) is 6.29 Å². The Morgan fingerprint density at radius 1 is 1.11 bits per heavy atom. The molecule has 1 aromatic carbocycles. The number of methoxy groups -OCH3 is 3. The largest absolute Gasteiger partial charge is 0.497 e. The Kier molecular flexibility index (Phi) is 5.19. The van der Waals surface area contributed by atoms with Crippen LogP contribution in [0, 0.1) is 0 Å². The summed E-state index contributed by atoms with van der Waals surface area (Å²) in [7, 11) is 5.02. The molecule has 0 radical (unpaired) electrons. The molecular weight excluding hydrogens is 242 g/mol. The van der Waals surface area contributed by atoms with E-state index in [0.29, 0.717) is 12.0 Å². The number of nitrogens with one attached hydrogen (secondary N) is 1. The molecule has 0 aliphatic heterocycles. The van der Waals surface area contributed by atoms with Crippen LogP contribution < -0.4 is 10.1 Å². The van der Waals surface area contributed by atoms with Crippen LogP contribution in [0.4, 0.5) is 0 Å². The van der Waals surface area contributed by atoms with Gasteiger partial charge in [-0.25, -0.2) is 0 Å². The molecule has 0 saturated heterocycles. The monoisotopic (exact) mass is 265 g/mol. The van der Waals surface area contributed by atoms with Crippen LogP contribution in [0.5, 0.6) is 5.75 Å².